The Morgan fingerprint density at radius 2 is 1.26 bits per heavy atom. The molecular weight excluding hydrogens is 494 g/mol. The lowest BCUT2D eigenvalue weighted by Gasteiger charge is -2.19. The van der Waals surface area contributed by atoms with Crippen LogP contribution in [0.25, 0.3) is 32.7 Å². The Balaban J connectivity index is 2.12. The van der Waals surface area contributed by atoms with Crippen LogP contribution in [0.4, 0.5) is 26.3 Å². The molecule has 0 amide bonds. The summed E-state index contributed by atoms with van der Waals surface area (Å²) < 4.78 is 104. The number of alkyl halides is 6. The van der Waals surface area contributed by atoms with Gasteiger partial charge in [-0.3, -0.25) is 4.18 Å². The van der Waals surface area contributed by atoms with E-state index in [1.54, 1.807) is 6.92 Å². The molecule has 4 rings (SSSR count). The summed E-state index contributed by atoms with van der Waals surface area (Å²) in [6.45, 7) is 1.73. The van der Waals surface area contributed by atoms with Gasteiger partial charge in [0.05, 0.1) is 29.7 Å². The molecule has 4 aromatic carbocycles. The van der Waals surface area contributed by atoms with Crippen molar-refractivity contribution in [1.82, 2.24) is 0 Å². The molecule has 0 aliphatic rings. The van der Waals surface area contributed by atoms with Crippen molar-refractivity contribution in [3.63, 3.8) is 0 Å². The second-order valence-electron chi connectivity index (χ2n) is 7.59. The fraction of sp³-hybridized carbons (Fsp3) is 0.200. The molecule has 0 spiro atoms. The number of halogens is 6. The topological polar surface area (TPSA) is 35.5 Å². The molecule has 4 aromatic rings. The van der Waals surface area contributed by atoms with Crippen molar-refractivity contribution in [3.05, 3.63) is 71.8 Å². The highest BCUT2D eigenvalue weighted by Crippen LogP contribution is 2.45. The zero-order valence-corrected chi connectivity index (χ0v) is 19.2. The second-order valence-corrected chi connectivity index (χ2v) is 8.74. The lowest BCUT2D eigenvalue weighted by Crippen LogP contribution is -2.06. The van der Waals surface area contributed by atoms with E-state index in [-0.39, 0.29) is 33.6 Å². The van der Waals surface area contributed by atoms with E-state index in [1.165, 1.54) is 43.5 Å². The number of fused-ring (bicyclic) bond motifs is 2. The fourth-order valence-electron chi connectivity index (χ4n) is 3.97. The summed E-state index contributed by atoms with van der Waals surface area (Å²) in [7, 11) is 1.36. The number of methoxy groups -OCH3 is 1. The number of hydrogen-bond donors (Lipinski definition) is 0. The summed E-state index contributed by atoms with van der Waals surface area (Å²) in [5, 5.41) is 1.10. The van der Waals surface area contributed by atoms with Crippen LogP contribution < -0.4 is 4.74 Å². The molecule has 0 aliphatic heterocycles. The highest BCUT2D eigenvalue weighted by molar-refractivity contribution is 7.80. The summed E-state index contributed by atoms with van der Waals surface area (Å²) in [6, 6.07) is 12.0. The van der Waals surface area contributed by atoms with Gasteiger partial charge in [-0.05, 0) is 64.9 Å². The van der Waals surface area contributed by atoms with Gasteiger partial charge in [0.1, 0.15) is 5.75 Å². The van der Waals surface area contributed by atoms with Crippen molar-refractivity contribution in [2.24, 2.45) is 0 Å². The summed E-state index contributed by atoms with van der Waals surface area (Å²) in [6.07, 6.45) is -9.14. The van der Waals surface area contributed by atoms with Crippen molar-refractivity contribution >= 4 is 32.6 Å². The first-order valence-electron chi connectivity index (χ1n) is 10.3. The van der Waals surface area contributed by atoms with Crippen molar-refractivity contribution in [2.75, 3.05) is 13.7 Å². The van der Waals surface area contributed by atoms with E-state index in [0.717, 1.165) is 24.3 Å². The Bertz CT molecular complexity index is 1440. The van der Waals surface area contributed by atoms with Crippen LogP contribution in [0.3, 0.4) is 0 Å². The van der Waals surface area contributed by atoms with Crippen molar-refractivity contribution in [1.29, 1.82) is 0 Å². The first-order valence-corrected chi connectivity index (χ1v) is 11.4. The molecule has 1 unspecified atom stereocenters. The van der Waals surface area contributed by atoms with E-state index in [2.05, 4.69) is 0 Å². The second kappa shape index (κ2) is 9.16. The molecule has 10 heteroatoms. The lowest BCUT2D eigenvalue weighted by atomic mass is 9.91. The van der Waals surface area contributed by atoms with E-state index in [9.17, 15) is 30.6 Å². The Morgan fingerprint density at radius 1 is 0.743 bits per heavy atom. The first-order chi connectivity index (χ1) is 16.5. The lowest BCUT2D eigenvalue weighted by molar-refractivity contribution is -0.138. The van der Waals surface area contributed by atoms with Gasteiger partial charge >= 0.3 is 12.4 Å². The standard InChI is InChI=1S/C25H18F6O3S/c1-3-34-35(32)21-11-5-15-13-17(25(29,30)31)7-9-19(15)23(21)22-18-8-6-16(24(26,27)28)12-14(18)4-10-20(22)33-2/h4-13H,3H2,1-2H3. The normalized spacial score (nSPS) is 13.4. The zero-order chi connectivity index (χ0) is 25.5. The smallest absolute Gasteiger partial charge is 0.416 e. The van der Waals surface area contributed by atoms with Crippen LogP contribution in [0.15, 0.2) is 65.6 Å². The monoisotopic (exact) mass is 512 g/mol. The average molecular weight is 512 g/mol. The van der Waals surface area contributed by atoms with Gasteiger partial charge in [-0.15, -0.1) is 0 Å². The van der Waals surface area contributed by atoms with Gasteiger partial charge in [0.15, 0.2) is 11.1 Å². The highest BCUT2D eigenvalue weighted by Gasteiger charge is 2.32. The highest BCUT2D eigenvalue weighted by atomic mass is 32.2. The molecule has 3 nitrogen and oxygen atoms in total. The van der Waals surface area contributed by atoms with Gasteiger partial charge in [0.2, 0.25) is 0 Å². The predicted molar refractivity (Wildman–Crippen MR) is 121 cm³/mol. The summed E-state index contributed by atoms with van der Waals surface area (Å²) in [5.41, 5.74) is -1.17. The van der Waals surface area contributed by atoms with Crippen molar-refractivity contribution in [2.45, 2.75) is 24.2 Å². The number of hydrogen-bond acceptors (Lipinski definition) is 3. The first kappa shape index (κ1) is 25.0. The fourth-order valence-corrected chi connectivity index (χ4v) is 4.87. The van der Waals surface area contributed by atoms with Gasteiger partial charge in [-0.2, -0.15) is 26.3 Å². The third-order valence-corrected chi connectivity index (χ3v) is 6.64. The average Bonchev–Trinajstić information content (AvgIpc) is 2.80. The van der Waals surface area contributed by atoms with Gasteiger partial charge in [0.25, 0.3) is 0 Å². The molecule has 0 saturated heterocycles. The maximum absolute atomic E-state index is 13.3. The van der Waals surface area contributed by atoms with E-state index in [1.807, 2.05) is 0 Å². The number of benzene rings is 4. The van der Waals surface area contributed by atoms with Crippen molar-refractivity contribution in [3.8, 4) is 16.9 Å². The summed E-state index contributed by atoms with van der Waals surface area (Å²) in [4.78, 5) is 0.157. The molecule has 1 atom stereocenters. The minimum absolute atomic E-state index is 0.0959. The largest absolute Gasteiger partial charge is 0.496 e. The summed E-state index contributed by atoms with van der Waals surface area (Å²) in [5.74, 6) is 0.249. The van der Waals surface area contributed by atoms with Crippen LogP contribution in [-0.4, -0.2) is 17.9 Å². The molecule has 0 bridgehead atoms. The van der Waals surface area contributed by atoms with Gasteiger partial charge < -0.3 is 4.74 Å². The molecule has 0 saturated carbocycles. The van der Waals surface area contributed by atoms with Gasteiger partial charge in [0, 0.05) is 11.1 Å². The van der Waals surface area contributed by atoms with Crippen LogP contribution in [0.2, 0.25) is 0 Å². The van der Waals surface area contributed by atoms with E-state index >= 15 is 0 Å². The minimum Gasteiger partial charge on any atom is -0.496 e. The van der Waals surface area contributed by atoms with Gasteiger partial charge in [-0.25, -0.2) is 4.21 Å². The van der Waals surface area contributed by atoms with Gasteiger partial charge in [-0.1, -0.05) is 24.3 Å². The molecule has 184 valence electrons. The van der Waals surface area contributed by atoms with Crippen LogP contribution in [0.1, 0.15) is 18.1 Å². The zero-order valence-electron chi connectivity index (χ0n) is 18.4. The molecule has 0 heterocycles. The molecule has 35 heavy (non-hydrogen) atoms. The maximum atomic E-state index is 13.3. The molecule has 0 fully saturated rings. The van der Waals surface area contributed by atoms with E-state index in [4.69, 9.17) is 8.92 Å². The Hall–Kier alpha value is -3.11. The molecule has 0 aromatic heterocycles. The van der Waals surface area contributed by atoms with Crippen LogP contribution >= 0.6 is 0 Å². The quantitative estimate of drug-likeness (QED) is 0.256. The number of rotatable bonds is 5. The Labute approximate surface area is 198 Å². The molecule has 0 radical (unpaired) electrons. The van der Waals surface area contributed by atoms with Crippen LogP contribution in [0, 0.1) is 0 Å². The van der Waals surface area contributed by atoms with E-state index < -0.39 is 34.6 Å². The maximum Gasteiger partial charge on any atom is 0.416 e. The van der Waals surface area contributed by atoms with Crippen LogP contribution in [0.5, 0.6) is 5.75 Å². The SMILES string of the molecule is CCOS(=O)c1ccc2cc(C(F)(F)F)ccc2c1-c1c(OC)ccc2cc(C(F)(F)F)ccc12. The number of ether oxygens (including phenoxy) is 1. The van der Waals surface area contributed by atoms with Crippen LogP contribution in [-0.2, 0) is 27.6 Å². The molecular formula is C25H18F6O3S. The predicted octanol–water partition coefficient (Wildman–Crippen LogP) is 7.77. The summed E-state index contributed by atoms with van der Waals surface area (Å²) >= 11 is -2.00. The Morgan fingerprint density at radius 3 is 1.74 bits per heavy atom. The van der Waals surface area contributed by atoms with E-state index in [0.29, 0.717) is 16.3 Å². The molecule has 0 N–H and O–H groups in total. The minimum atomic E-state index is -4.58. The Kier molecular flexibility index (Phi) is 6.54. The molecule has 0 aliphatic carbocycles. The third-order valence-electron chi connectivity index (χ3n) is 5.49. The third kappa shape index (κ3) is 4.72. The van der Waals surface area contributed by atoms with Crippen molar-refractivity contribution < 1.29 is 39.5 Å².